The van der Waals surface area contributed by atoms with Crippen molar-refractivity contribution in [2.45, 2.75) is 37.8 Å². The fourth-order valence-electron chi connectivity index (χ4n) is 2.52. The van der Waals surface area contributed by atoms with Gasteiger partial charge in [0.1, 0.15) is 5.54 Å². The first kappa shape index (κ1) is 11.1. The molecule has 0 bridgehead atoms. The molecule has 2 atom stereocenters. The Morgan fingerprint density at radius 1 is 1.75 bits per heavy atom. The topological polar surface area (TPSA) is 67.2 Å². The first-order valence-corrected chi connectivity index (χ1v) is 5.51. The van der Waals surface area contributed by atoms with Crippen LogP contribution in [0.3, 0.4) is 0 Å². The van der Waals surface area contributed by atoms with Gasteiger partial charge in [-0.05, 0) is 39.3 Å². The molecule has 2 rings (SSSR count). The van der Waals surface area contributed by atoms with Crippen molar-refractivity contribution < 1.29 is 9.90 Å². The van der Waals surface area contributed by atoms with Crippen molar-refractivity contribution in [2.24, 2.45) is 0 Å². The molecule has 1 aromatic rings. The predicted molar refractivity (Wildman–Crippen MR) is 59.3 cm³/mol. The lowest BCUT2D eigenvalue weighted by molar-refractivity contribution is -0.144. The Kier molecular flexibility index (Phi) is 2.71. The maximum absolute atomic E-state index is 11.3. The monoisotopic (exact) mass is 223 g/mol. The van der Waals surface area contributed by atoms with Crippen LogP contribution in [0, 0.1) is 6.92 Å². The van der Waals surface area contributed by atoms with Crippen LogP contribution in [-0.4, -0.2) is 33.4 Å². The quantitative estimate of drug-likeness (QED) is 0.801. The van der Waals surface area contributed by atoms with Crippen molar-refractivity contribution in [3.8, 4) is 0 Å². The van der Waals surface area contributed by atoms with Gasteiger partial charge < -0.3 is 10.4 Å². The molecular formula is C11H17N3O2. The van der Waals surface area contributed by atoms with E-state index in [-0.39, 0.29) is 6.04 Å². The molecule has 5 heteroatoms. The summed E-state index contributed by atoms with van der Waals surface area (Å²) in [6, 6.07) is 2.14. The van der Waals surface area contributed by atoms with Crippen molar-refractivity contribution in [3.05, 3.63) is 18.0 Å². The Balaban J connectivity index is 2.20. The van der Waals surface area contributed by atoms with Crippen LogP contribution in [0.2, 0.25) is 0 Å². The Morgan fingerprint density at radius 2 is 2.50 bits per heavy atom. The van der Waals surface area contributed by atoms with E-state index in [1.54, 1.807) is 13.2 Å². The number of hydrogen-bond acceptors (Lipinski definition) is 3. The van der Waals surface area contributed by atoms with Gasteiger partial charge >= 0.3 is 5.97 Å². The third-order valence-corrected chi connectivity index (χ3v) is 3.59. The summed E-state index contributed by atoms with van der Waals surface area (Å²) in [5.74, 6) is -0.762. The number of likely N-dealkylation sites (N-methyl/N-ethyl adjacent to an activating group) is 1. The van der Waals surface area contributed by atoms with E-state index >= 15 is 0 Å². The lowest BCUT2D eigenvalue weighted by Gasteiger charge is -2.23. The molecule has 1 fully saturated rings. The molecule has 1 aliphatic rings. The Morgan fingerprint density at radius 3 is 2.94 bits per heavy atom. The van der Waals surface area contributed by atoms with Crippen LogP contribution >= 0.6 is 0 Å². The molecule has 88 valence electrons. The summed E-state index contributed by atoms with van der Waals surface area (Å²) in [7, 11) is 1.71. The van der Waals surface area contributed by atoms with E-state index in [2.05, 4.69) is 10.4 Å². The summed E-state index contributed by atoms with van der Waals surface area (Å²) >= 11 is 0. The number of carboxylic acid groups (broad SMARTS) is 1. The van der Waals surface area contributed by atoms with E-state index in [4.69, 9.17) is 0 Å². The van der Waals surface area contributed by atoms with E-state index in [0.29, 0.717) is 12.8 Å². The van der Waals surface area contributed by atoms with Crippen LogP contribution in [0.4, 0.5) is 0 Å². The van der Waals surface area contributed by atoms with Crippen LogP contribution in [0.5, 0.6) is 0 Å². The summed E-state index contributed by atoms with van der Waals surface area (Å²) in [6.07, 6.45) is 3.87. The van der Waals surface area contributed by atoms with Crippen molar-refractivity contribution >= 4 is 5.97 Å². The van der Waals surface area contributed by atoms with Gasteiger partial charge in [0.25, 0.3) is 0 Å². The van der Waals surface area contributed by atoms with Crippen LogP contribution in [0.15, 0.2) is 12.3 Å². The molecule has 0 amide bonds. The van der Waals surface area contributed by atoms with Crippen LogP contribution in [0.25, 0.3) is 0 Å². The van der Waals surface area contributed by atoms with Crippen molar-refractivity contribution in [1.29, 1.82) is 0 Å². The Bertz CT molecular complexity index is 402. The van der Waals surface area contributed by atoms with Crippen LogP contribution in [0.1, 0.15) is 31.0 Å². The summed E-state index contributed by atoms with van der Waals surface area (Å²) < 4.78 is 1.93. The number of nitrogens with zero attached hydrogens (tertiary/aromatic N) is 2. The zero-order chi connectivity index (χ0) is 11.8. The number of carbonyl (C=O) groups is 1. The lowest BCUT2D eigenvalue weighted by atomic mass is 9.98. The van der Waals surface area contributed by atoms with Crippen LogP contribution in [-0.2, 0) is 4.79 Å². The minimum absolute atomic E-state index is 0.193. The smallest absolute Gasteiger partial charge is 0.323 e. The molecule has 0 spiro atoms. The van der Waals surface area contributed by atoms with Crippen molar-refractivity contribution in [1.82, 2.24) is 15.1 Å². The first-order chi connectivity index (χ1) is 7.59. The van der Waals surface area contributed by atoms with E-state index in [9.17, 15) is 9.90 Å². The molecule has 0 radical (unpaired) electrons. The number of aliphatic carboxylic acids is 1. The maximum Gasteiger partial charge on any atom is 0.323 e. The zero-order valence-electron chi connectivity index (χ0n) is 9.60. The average molecular weight is 223 g/mol. The number of rotatable bonds is 3. The van der Waals surface area contributed by atoms with Gasteiger partial charge in [-0.1, -0.05) is 0 Å². The van der Waals surface area contributed by atoms with E-state index < -0.39 is 11.5 Å². The van der Waals surface area contributed by atoms with Gasteiger partial charge in [-0.2, -0.15) is 5.10 Å². The second-order valence-corrected chi connectivity index (χ2v) is 4.45. The summed E-state index contributed by atoms with van der Waals surface area (Å²) in [6.45, 7) is 1.99. The third-order valence-electron chi connectivity index (χ3n) is 3.59. The van der Waals surface area contributed by atoms with Gasteiger partial charge in [-0.15, -0.1) is 0 Å². The highest BCUT2D eigenvalue weighted by Crippen LogP contribution is 2.37. The van der Waals surface area contributed by atoms with Crippen LogP contribution < -0.4 is 5.32 Å². The molecular weight excluding hydrogens is 206 g/mol. The zero-order valence-corrected chi connectivity index (χ0v) is 9.60. The summed E-state index contributed by atoms with van der Waals surface area (Å²) in [5.41, 5.74) is 0.311. The molecule has 1 aliphatic carbocycles. The third kappa shape index (κ3) is 1.61. The average Bonchev–Trinajstić information content (AvgIpc) is 2.84. The van der Waals surface area contributed by atoms with Gasteiger partial charge in [0, 0.05) is 11.9 Å². The van der Waals surface area contributed by atoms with Crippen molar-refractivity contribution in [3.63, 3.8) is 0 Å². The predicted octanol–water partition coefficient (Wildman–Crippen LogP) is 0.959. The number of nitrogens with one attached hydrogen (secondary N) is 1. The summed E-state index contributed by atoms with van der Waals surface area (Å²) in [4.78, 5) is 11.3. The van der Waals surface area contributed by atoms with E-state index in [1.165, 1.54) is 0 Å². The highest BCUT2D eigenvalue weighted by molar-refractivity contribution is 5.79. The fraction of sp³-hybridized carbons (Fsp3) is 0.636. The van der Waals surface area contributed by atoms with Gasteiger partial charge in [-0.3, -0.25) is 9.48 Å². The second kappa shape index (κ2) is 3.90. The Labute approximate surface area is 94.5 Å². The second-order valence-electron chi connectivity index (χ2n) is 4.45. The van der Waals surface area contributed by atoms with Gasteiger partial charge in [0.15, 0.2) is 0 Å². The fourth-order valence-corrected chi connectivity index (χ4v) is 2.52. The standard InChI is InChI=1S/C11H17N3O2/c1-8-4-6-13-14(8)9-3-5-11(7-9,12-2)10(15)16/h4,6,9,12H,3,5,7H2,1-2H3,(H,15,16). The molecule has 5 nitrogen and oxygen atoms in total. The van der Waals surface area contributed by atoms with Gasteiger partial charge in [0.05, 0.1) is 6.04 Å². The molecule has 16 heavy (non-hydrogen) atoms. The molecule has 0 saturated heterocycles. The van der Waals surface area contributed by atoms with E-state index in [0.717, 1.165) is 12.1 Å². The molecule has 1 heterocycles. The van der Waals surface area contributed by atoms with Crippen molar-refractivity contribution in [2.75, 3.05) is 7.05 Å². The van der Waals surface area contributed by atoms with Gasteiger partial charge in [-0.25, -0.2) is 0 Å². The maximum atomic E-state index is 11.3. The minimum Gasteiger partial charge on any atom is -0.480 e. The molecule has 1 aromatic heterocycles. The molecule has 2 N–H and O–H groups in total. The number of carboxylic acids is 1. The summed E-state index contributed by atoms with van der Waals surface area (Å²) in [5, 5.41) is 16.5. The molecule has 1 saturated carbocycles. The van der Waals surface area contributed by atoms with E-state index in [1.807, 2.05) is 17.7 Å². The molecule has 0 aliphatic heterocycles. The number of hydrogen-bond donors (Lipinski definition) is 2. The van der Waals surface area contributed by atoms with Gasteiger partial charge in [0.2, 0.25) is 0 Å². The highest BCUT2D eigenvalue weighted by atomic mass is 16.4. The highest BCUT2D eigenvalue weighted by Gasteiger charge is 2.45. The molecule has 0 aromatic carbocycles. The minimum atomic E-state index is -0.775. The first-order valence-electron chi connectivity index (χ1n) is 5.51. The largest absolute Gasteiger partial charge is 0.480 e. The number of aromatic nitrogens is 2. The SMILES string of the molecule is CNC1(C(=O)O)CCC(n2nccc2C)C1. The lowest BCUT2D eigenvalue weighted by Crippen LogP contribution is -2.48. The Hall–Kier alpha value is -1.36. The molecule has 2 unspecified atom stereocenters. The number of aryl methyl sites for hydroxylation is 1. The normalized spacial score (nSPS) is 29.5.